The molecule has 2 aliphatic rings. The van der Waals surface area contributed by atoms with Crippen molar-refractivity contribution in [1.82, 2.24) is 5.32 Å². The fourth-order valence-electron chi connectivity index (χ4n) is 4.39. The number of benzene rings is 2. The van der Waals surface area contributed by atoms with E-state index < -0.39 is 17.9 Å². The van der Waals surface area contributed by atoms with Gasteiger partial charge in [-0.2, -0.15) is 0 Å². The minimum absolute atomic E-state index is 0.153. The molecule has 35 heavy (non-hydrogen) atoms. The molecule has 8 nitrogen and oxygen atoms in total. The molecule has 2 aromatic rings. The molecule has 1 aliphatic carbocycles. The van der Waals surface area contributed by atoms with Crippen LogP contribution in [0.4, 0.5) is 0 Å². The highest BCUT2D eigenvalue weighted by Crippen LogP contribution is 2.49. The van der Waals surface area contributed by atoms with Crippen LogP contribution < -0.4 is 14.8 Å². The molecule has 4 rings (SSSR count). The summed E-state index contributed by atoms with van der Waals surface area (Å²) in [7, 11) is 2.54. The lowest BCUT2D eigenvalue weighted by atomic mass is 9.79. The molecule has 2 aromatic carbocycles. The predicted octanol–water partition coefficient (Wildman–Crippen LogP) is 4.03. The normalized spacial score (nSPS) is 16.4. The Morgan fingerprint density at radius 3 is 2.43 bits per heavy atom. The van der Waals surface area contributed by atoms with E-state index in [1.165, 1.54) is 14.2 Å². The molecule has 0 saturated heterocycles. The third-order valence-corrected chi connectivity index (χ3v) is 6.16. The summed E-state index contributed by atoms with van der Waals surface area (Å²) in [5.41, 5.74) is 3.75. The molecule has 0 amide bonds. The van der Waals surface area contributed by atoms with E-state index in [4.69, 9.17) is 25.8 Å². The Labute approximate surface area is 207 Å². The van der Waals surface area contributed by atoms with Gasteiger partial charge in [0.1, 0.15) is 0 Å². The quantitative estimate of drug-likeness (QED) is 0.572. The van der Waals surface area contributed by atoms with Crippen molar-refractivity contribution in [2.45, 2.75) is 19.8 Å². The van der Waals surface area contributed by atoms with Crippen molar-refractivity contribution < 1.29 is 33.3 Å². The fraction of sp³-hybridized carbons (Fsp3) is 0.269. The second kappa shape index (κ2) is 9.84. The van der Waals surface area contributed by atoms with Crippen molar-refractivity contribution in [2.75, 3.05) is 27.4 Å². The van der Waals surface area contributed by atoms with Crippen LogP contribution in [0.1, 0.15) is 41.3 Å². The topological polar surface area (TPSA) is 100 Å². The van der Waals surface area contributed by atoms with Gasteiger partial charge in [0.05, 0.1) is 37.1 Å². The maximum Gasteiger partial charge on any atom is 0.343 e. The number of Topliss-reactive ketones (excluding diaryl/α,β-unsaturated/α-hetero) is 1. The number of hydrogen-bond acceptors (Lipinski definition) is 8. The zero-order valence-corrected chi connectivity index (χ0v) is 20.4. The molecule has 1 aliphatic heterocycles. The number of rotatable bonds is 7. The van der Waals surface area contributed by atoms with Gasteiger partial charge in [-0.05, 0) is 31.5 Å². The van der Waals surface area contributed by atoms with Crippen molar-refractivity contribution in [2.24, 2.45) is 0 Å². The van der Waals surface area contributed by atoms with Crippen LogP contribution in [0.2, 0.25) is 5.02 Å². The lowest BCUT2D eigenvalue weighted by molar-refractivity contribution is -0.143. The second-order valence-electron chi connectivity index (χ2n) is 7.88. The maximum absolute atomic E-state index is 13.5. The van der Waals surface area contributed by atoms with Gasteiger partial charge in [0.25, 0.3) is 0 Å². The van der Waals surface area contributed by atoms with Gasteiger partial charge < -0.3 is 24.3 Å². The van der Waals surface area contributed by atoms with Crippen LogP contribution >= 0.6 is 11.6 Å². The summed E-state index contributed by atoms with van der Waals surface area (Å²) in [6.45, 7) is 3.47. The molecule has 1 N–H and O–H groups in total. The predicted molar refractivity (Wildman–Crippen MR) is 128 cm³/mol. The average Bonchev–Trinajstić information content (AvgIpc) is 3.13. The number of dihydropyridines is 1. The first-order valence-electron chi connectivity index (χ1n) is 10.9. The first-order chi connectivity index (χ1) is 16.8. The number of fused-ring (bicyclic) bond motifs is 2. The molecule has 0 radical (unpaired) electrons. The summed E-state index contributed by atoms with van der Waals surface area (Å²) in [5.74, 6) is -1.69. The molecule has 9 heteroatoms. The lowest BCUT2D eigenvalue weighted by Crippen LogP contribution is -2.29. The molecule has 0 spiro atoms. The number of nitrogens with one attached hydrogen (secondary N) is 1. The van der Waals surface area contributed by atoms with Gasteiger partial charge in [0.15, 0.2) is 23.9 Å². The molecular formula is C26H24ClNO7. The van der Waals surface area contributed by atoms with Crippen LogP contribution in [0.25, 0.3) is 5.70 Å². The van der Waals surface area contributed by atoms with Crippen molar-refractivity contribution in [1.29, 1.82) is 0 Å². The van der Waals surface area contributed by atoms with Crippen LogP contribution in [0.5, 0.6) is 11.5 Å². The van der Waals surface area contributed by atoms with Gasteiger partial charge in [-0.1, -0.05) is 35.9 Å². The Hall–Kier alpha value is -3.78. The van der Waals surface area contributed by atoms with Gasteiger partial charge in [-0.3, -0.25) is 4.79 Å². The van der Waals surface area contributed by atoms with Crippen molar-refractivity contribution in [3.63, 3.8) is 0 Å². The van der Waals surface area contributed by atoms with Gasteiger partial charge in [-0.15, -0.1) is 0 Å². The largest absolute Gasteiger partial charge is 0.490 e. The molecule has 182 valence electrons. The van der Waals surface area contributed by atoms with Crippen molar-refractivity contribution in [3.05, 3.63) is 75.0 Å². The standard InChI is InChI=1S/C26H24ClNO7/c1-5-34-18-11-14(10-17(27)25(18)35-12-19(29)32-3)21-20(26(31)33-4)13(2)28-23-15-8-6-7-9-16(15)24(30)22(21)23/h6-11,21,28H,5,12H2,1-4H3/t21-/m1/s1. The van der Waals surface area contributed by atoms with Gasteiger partial charge in [0.2, 0.25) is 0 Å². The number of hydrogen-bond donors (Lipinski definition) is 1. The number of ketones is 1. The first kappa shape index (κ1) is 24.3. The fourth-order valence-corrected chi connectivity index (χ4v) is 4.66. The monoisotopic (exact) mass is 497 g/mol. The summed E-state index contributed by atoms with van der Waals surface area (Å²) in [6, 6.07) is 10.5. The highest BCUT2D eigenvalue weighted by Gasteiger charge is 2.43. The Kier molecular flexibility index (Phi) is 6.84. The van der Waals surface area contributed by atoms with Crippen LogP contribution in [-0.4, -0.2) is 45.2 Å². The number of methoxy groups -OCH3 is 2. The number of carbonyl (C=O) groups excluding carboxylic acids is 3. The van der Waals surface area contributed by atoms with E-state index in [0.717, 1.165) is 5.56 Å². The SMILES string of the molecule is CCOc1cc([C@@H]2C(C(=O)OC)=C(C)NC3=C2C(=O)c2ccccc23)cc(Cl)c1OCC(=O)OC. The Bertz CT molecular complexity index is 1290. The number of allylic oxidation sites excluding steroid dienone is 2. The highest BCUT2D eigenvalue weighted by molar-refractivity contribution is 6.32. The molecule has 0 aromatic heterocycles. The zero-order chi connectivity index (χ0) is 25.3. The third-order valence-electron chi connectivity index (χ3n) is 5.88. The van der Waals surface area contributed by atoms with Crippen LogP contribution in [0.3, 0.4) is 0 Å². The maximum atomic E-state index is 13.5. The van der Waals surface area contributed by atoms with E-state index in [-0.39, 0.29) is 41.1 Å². The van der Waals surface area contributed by atoms with Crippen molar-refractivity contribution >= 4 is 35.0 Å². The number of esters is 2. The van der Waals surface area contributed by atoms with Crippen LogP contribution in [-0.2, 0) is 19.1 Å². The van der Waals surface area contributed by atoms with Crippen LogP contribution in [0.15, 0.2) is 53.2 Å². The molecule has 0 bridgehead atoms. The summed E-state index contributed by atoms with van der Waals surface area (Å²) >= 11 is 6.58. The van der Waals surface area contributed by atoms with Gasteiger partial charge >= 0.3 is 11.9 Å². The van der Waals surface area contributed by atoms with Crippen LogP contribution in [0, 0.1) is 0 Å². The molecule has 1 atom stereocenters. The minimum atomic E-state index is -0.773. The van der Waals surface area contributed by atoms with Crippen molar-refractivity contribution in [3.8, 4) is 11.5 Å². The molecule has 0 unspecified atom stereocenters. The Morgan fingerprint density at radius 2 is 1.77 bits per heavy atom. The van der Waals surface area contributed by atoms with E-state index in [1.54, 1.807) is 38.1 Å². The average molecular weight is 498 g/mol. The van der Waals surface area contributed by atoms with E-state index >= 15 is 0 Å². The lowest BCUT2D eigenvalue weighted by Gasteiger charge is -2.29. The molecule has 1 heterocycles. The molecule has 0 fully saturated rings. The van der Waals surface area contributed by atoms with Gasteiger partial charge in [0, 0.05) is 28.3 Å². The minimum Gasteiger partial charge on any atom is -0.490 e. The van der Waals surface area contributed by atoms with E-state index in [1.807, 2.05) is 12.1 Å². The first-order valence-corrected chi connectivity index (χ1v) is 11.3. The number of carbonyl (C=O) groups is 3. The van der Waals surface area contributed by atoms with E-state index in [2.05, 4.69) is 10.1 Å². The van der Waals surface area contributed by atoms with E-state index in [0.29, 0.717) is 28.1 Å². The highest BCUT2D eigenvalue weighted by atomic mass is 35.5. The summed E-state index contributed by atoms with van der Waals surface area (Å²) in [4.78, 5) is 38.0. The summed E-state index contributed by atoms with van der Waals surface area (Å²) < 4.78 is 21.0. The zero-order valence-electron chi connectivity index (χ0n) is 19.7. The number of halogens is 1. The Balaban J connectivity index is 1.89. The van der Waals surface area contributed by atoms with Gasteiger partial charge in [-0.25, -0.2) is 9.59 Å². The molecular weight excluding hydrogens is 474 g/mol. The smallest absolute Gasteiger partial charge is 0.343 e. The second-order valence-corrected chi connectivity index (χ2v) is 8.29. The Morgan fingerprint density at radius 1 is 1.06 bits per heavy atom. The summed E-state index contributed by atoms with van der Waals surface area (Å²) in [6.07, 6.45) is 0. The summed E-state index contributed by atoms with van der Waals surface area (Å²) in [5, 5.41) is 3.39. The number of ether oxygens (including phenoxy) is 4. The third kappa shape index (κ3) is 4.25. The molecule has 0 saturated carbocycles. The van der Waals surface area contributed by atoms with E-state index in [9.17, 15) is 14.4 Å².